The quantitative estimate of drug-likeness (QED) is 0.650. The summed E-state index contributed by atoms with van der Waals surface area (Å²) >= 11 is 6.25. The molecule has 0 spiro atoms. The monoisotopic (exact) mass is 274 g/mol. The first-order chi connectivity index (χ1) is 9.22. The van der Waals surface area contributed by atoms with Gasteiger partial charge in [-0.1, -0.05) is 35.9 Å². The Morgan fingerprint density at radius 2 is 2.00 bits per heavy atom. The van der Waals surface area contributed by atoms with Crippen LogP contribution >= 0.6 is 11.6 Å². The largest absolute Gasteiger partial charge is 0.463 e. The molecule has 0 saturated carbocycles. The first kappa shape index (κ1) is 12.1. The molecular weight excluding hydrogens is 264 g/mol. The molecule has 0 unspecified atom stereocenters. The summed E-state index contributed by atoms with van der Waals surface area (Å²) in [4.78, 5) is 11.8. The van der Waals surface area contributed by atoms with Gasteiger partial charge < -0.3 is 9.15 Å². The Bertz CT molecular complexity index is 774. The van der Waals surface area contributed by atoms with Crippen LogP contribution in [0.2, 0.25) is 5.02 Å². The lowest BCUT2D eigenvalue weighted by Gasteiger charge is -2.02. The fraction of sp³-hybridized carbons (Fsp3) is 0.133. The summed E-state index contributed by atoms with van der Waals surface area (Å²) in [6, 6.07) is 9.40. The summed E-state index contributed by atoms with van der Waals surface area (Å²) in [5.41, 5.74) is 1.06. The number of carbonyl (C=O) groups is 1. The van der Waals surface area contributed by atoms with Gasteiger partial charge in [-0.15, -0.1) is 0 Å². The minimum absolute atomic E-state index is 0.326. The highest BCUT2D eigenvalue weighted by molar-refractivity contribution is 6.37. The van der Waals surface area contributed by atoms with E-state index in [-0.39, 0.29) is 0 Å². The second kappa shape index (κ2) is 4.59. The Labute approximate surface area is 114 Å². The second-order valence-corrected chi connectivity index (χ2v) is 4.56. The molecule has 3 aromatic rings. The fourth-order valence-corrected chi connectivity index (χ4v) is 2.45. The summed E-state index contributed by atoms with van der Waals surface area (Å²) in [5, 5.41) is 3.07. The Balaban J connectivity index is 2.33. The van der Waals surface area contributed by atoms with Gasteiger partial charge in [0.15, 0.2) is 0 Å². The topological polar surface area (TPSA) is 39.4 Å². The van der Waals surface area contributed by atoms with Crippen molar-refractivity contribution in [3.63, 3.8) is 0 Å². The summed E-state index contributed by atoms with van der Waals surface area (Å²) in [6.07, 6.45) is 1.42. The predicted molar refractivity (Wildman–Crippen MR) is 74.7 cm³/mol. The number of benzene rings is 2. The molecule has 0 N–H and O–H groups in total. The van der Waals surface area contributed by atoms with Crippen LogP contribution in [0, 0.1) is 0 Å². The zero-order chi connectivity index (χ0) is 13.4. The molecule has 0 aliphatic heterocycles. The van der Waals surface area contributed by atoms with Gasteiger partial charge in [-0.3, -0.25) is 0 Å². The number of rotatable bonds is 2. The molecule has 0 amide bonds. The van der Waals surface area contributed by atoms with Gasteiger partial charge >= 0.3 is 5.97 Å². The van der Waals surface area contributed by atoms with Crippen molar-refractivity contribution in [1.29, 1.82) is 0 Å². The smallest absolute Gasteiger partial charge is 0.342 e. The van der Waals surface area contributed by atoms with Gasteiger partial charge in [-0.2, -0.15) is 0 Å². The summed E-state index contributed by atoms with van der Waals surface area (Å²) in [7, 11) is 0. The summed E-state index contributed by atoms with van der Waals surface area (Å²) in [6.45, 7) is 2.09. The average Bonchev–Trinajstić information content (AvgIpc) is 2.83. The van der Waals surface area contributed by atoms with Crippen LogP contribution in [-0.2, 0) is 4.74 Å². The molecule has 0 aliphatic carbocycles. The lowest BCUT2D eigenvalue weighted by Crippen LogP contribution is -2.03. The third kappa shape index (κ3) is 1.87. The standard InChI is InChI=1S/C15H11ClO3/c1-2-18-15(17)12-8-19-14-10-6-4-3-5-9(10)13(16)7-11(12)14/h3-8H,2H2,1H3. The van der Waals surface area contributed by atoms with Crippen LogP contribution in [0.1, 0.15) is 17.3 Å². The number of hydrogen-bond donors (Lipinski definition) is 0. The fourth-order valence-electron chi connectivity index (χ4n) is 2.18. The number of carbonyl (C=O) groups excluding carboxylic acids is 1. The van der Waals surface area contributed by atoms with Crippen LogP contribution in [0.25, 0.3) is 21.7 Å². The van der Waals surface area contributed by atoms with Gasteiger partial charge in [-0.05, 0) is 13.0 Å². The van der Waals surface area contributed by atoms with E-state index in [1.807, 2.05) is 24.3 Å². The van der Waals surface area contributed by atoms with E-state index in [2.05, 4.69) is 0 Å². The number of esters is 1. The maximum absolute atomic E-state index is 11.8. The van der Waals surface area contributed by atoms with Gasteiger partial charge in [0, 0.05) is 21.2 Å². The SMILES string of the molecule is CCOC(=O)c1coc2c1cc(Cl)c1ccccc12. The Hall–Kier alpha value is -2.00. The minimum Gasteiger partial charge on any atom is -0.463 e. The predicted octanol–water partition coefficient (Wildman–Crippen LogP) is 4.42. The molecule has 3 nitrogen and oxygen atoms in total. The molecule has 19 heavy (non-hydrogen) atoms. The highest BCUT2D eigenvalue weighted by atomic mass is 35.5. The second-order valence-electron chi connectivity index (χ2n) is 4.15. The highest BCUT2D eigenvalue weighted by Crippen LogP contribution is 2.34. The van der Waals surface area contributed by atoms with Crippen molar-refractivity contribution in [2.75, 3.05) is 6.61 Å². The van der Waals surface area contributed by atoms with Gasteiger partial charge in [0.05, 0.1) is 6.61 Å². The highest BCUT2D eigenvalue weighted by Gasteiger charge is 2.17. The maximum Gasteiger partial charge on any atom is 0.342 e. The normalized spacial score (nSPS) is 11.1. The first-order valence-corrected chi connectivity index (χ1v) is 6.35. The van der Waals surface area contributed by atoms with E-state index >= 15 is 0 Å². The Morgan fingerprint density at radius 1 is 1.26 bits per heavy atom. The molecule has 1 aromatic heterocycles. The van der Waals surface area contributed by atoms with Crippen molar-refractivity contribution >= 4 is 39.3 Å². The third-order valence-corrected chi connectivity index (χ3v) is 3.34. The van der Waals surface area contributed by atoms with E-state index in [1.165, 1.54) is 6.26 Å². The van der Waals surface area contributed by atoms with Gasteiger partial charge in [-0.25, -0.2) is 4.79 Å². The van der Waals surface area contributed by atoms with Crippen molar-refractivity contribution in [1.82, 2.24) is 0 Å². The lowest BCUT2D eigenvalue weighted by atomic mass is 10.1. The number of halogens is 1. The van der Waals surface area contributed by atoms with Crippen LogP contribution < -0.4 is 0 Å². The minimum atomic E-state index is -0.396. The van der Waals surface area contributed by atoms with Crippen molar-refractivity contribution in [2.24, 2.45) is 0 Å². The molecule has 3 rings (SSSR count). The van der Waals surface area contributed by atoms with Crippen molar-refractivity contribution in [3.8, 4) is 0 Å². The van der Waals surface area contributed by atoms with Crippen LogP contribution in [0.15, 0.2) is 41.0 Å². The molecule has 0 atom stereocenters. The van der Waals surface area contributed by atoms with E-state index < -0.39 is 5.97 Å². The summed E-state index contributed by atoms with van der Waals surface area (Å²) < 4.78 is 10.5. The van der Waals surface area contributed by atoms with Gasteiger partial charge in [0.25, 0.3) is 0 Å². The van der Waals surface area contributed by atoms with E-state index in [9.17, 15) is 4.79 Å². The maximum atomic E-state index is 11.8. The number of furan rings is 1. The van der Waals surface area contributed by atoms with Crippen LogP contribution in [0.5, 0.6) is 0 Å². The van der Waals surface area contributed by atoms with Crippen LogP contribution in [0.4, 0.5) is 0 Å². The molecule has 0 fully saturated rings. The molecule has 4 heteroatoms. The molecule has 2 aromatic carbocycles. The number of ether oxygens (including phenoxy) is 1. The lowest BCUT2D eigenvalue weighted by molar-refractivity contribution is 0.0527. The molecule has 0 bridgehead atoms. The zero-order valence-corrected chi connectivity index (χ0v) is 11.0. The first-order valence-electron chi connectivity index (χ1n) is 5.98. The third-order valence-electron chi connectivity index (χ3n) is 3.02. The molecule has 0 saturated heterocycles. The van der Waals surface area contributed by atoms with E-state index in [0.717, 1.165) is 10.8 Å². The molecule has 0 radical (unpaired) electrons. The van der Waals surface area contributed by atoms with E-state index in [4.69, 9.17) is 20.8 Å². The zero-order valence-electron chi connectivity index (χ0n) is 10.3. The molecular formula is C15H11ClO3. The van der Waals surface area contributed by atoms with E-state index in [0.29, 0.717) is 28.2 Å². The number of fused-ring (bicyclic) bond motifs is 3. The van der Waals surface area contributed by atoms with Crippen molar-refractivity contribution < 1.29 is 13.9 Å². The Kier molecular flexibility index (Phi) is 2.91. The molecule has 1 heterocycles. The van der Waals surface area contributed by atoms with Crippen molar-refractivity contribution in [2.45, 2.75) is 6.92 Å². The van der Waals surface area contributed by atoms with Crippen LogP contribution in [0.3, 0.4) is 0 Å². The van der Waals surface area contributed by atoms with Crippen molar-refractivity contribution in [3.05, 3.63) is 47.2 Å². The molecule has 0 aliphatic rings. The van der Waals surface area contributed by atoms with E-state index in [1.54, 1.807) is 13.0 Å². The van der Waals surface area contributed by atoms with Gasteiger partial charge in [0.1, 0.15) is 17.4 Å². The Morgan fingerprint density at radius 3 is 2.74 bits per heavy atom. The average molecular weight is 275 g/mol. The molecule has 96 valence electrons. The summed E-state index contributed by atoms with van der Waals surface area (Å²) in [5.74, 6) is -0.396. The number of hydrogen-bond acceptors (Lipinski definition) is 3. The van der Waals surface area contributed by atoms with Gasteiger partial charge in [0.2, 0.25) is 0 Å². The van der Waals surface area contributed by atoms with Crippen LogP contribution in [-0.4, -0.2) is 12.6 Å².